The maximum Gasteiger partial charge on any atom is 0.329 e. The number of fused-ring (bicyclic) bond motifs is 1. The Morgan fingerprint density at radius 2 is 1.71 bits per heavy atom. The molecule has 0 saturated carbocycles. The smallest absolute Gasteiger partial charge is 0.329 e. The molecule has 1 aliphatic heterocycles. The number of anilines is 1. The molecule has 0 radical (unpaired) electrons. The molecule has 35 heavy (non-hydrogen) atoms. The minimum absolute atomic E-state index is 0.141. The number of aromatic nitrogens is 4. The molecule has 1 saturated heterocycles. The van der Waals surface area contributed by atoms with Crippen LogP contribution in [-0.4, -0.2) is 50.2 Å². The summed E-state index contributed by atoms with van der Waals surface area (Å²) in [6, 6.07) is 13.0. The first-order valence-corrected chi connectivity index (χ1v) is 11.8. The minimum atomic E-state index is -0.525. The van der Waals surface area contributed by atoms with Gasteiger partial charge in [-0.05, 0) is 31.0 Å². The van der Waals surface area contributed by atoms with Crippen molar-refractivity contribution in [2.75, 3.05) is 31.1 Å². The maximum atomic E-state index is 14.5. The number of benzene rings is 2. The van der Waals surface area contributed by atoms with E-state index >= 15 is 0 Å². The van der Waals surface area contributed by atoms with E-state index in [1.54, 1.807) is 29.8 Å². The summed E-state index contributed by atoms with van der Waals surface area (Å²) in [4.78, 5) is 36.6. The summed E-state index contributed by atoms with van der Waals surface area (Å²) in [6.45, 7) is 8.32. The van der Waals surface area contributed by atoms with Gasteiger partial charge >= 0.3 is 5.69 Å². The number of nitrogens with one attached hydrogen (secondary N) is 1. The Balaban J connectivity index is 1.47. The highest BCUT2D eigenvalue weighted by Crippen LogP contribution is 2.24. The second kappa shape index (κ2) is 9.14. The van der Waals surface area contributed by atoms with Crippen LogP contribution in [0.1, 0.15) is 22.3 Å². The van der Waals surface area contributed by atoms with Crippen molar-refractivity contribution < 1.29 is 4.39 Å². The van der Waals surface area contributed by atoms with Crippen molar-refractivity contribution in [2.45, 2.75) is 26.9 Å². The molecule has 3 heterocycles. The fourth-order valence-electron chi connectivity index (χ4n) is 4.73. The molecule has 1 N–H and O–H groups in total. The van der Waals surface area contributed by atoms with Gasteiger partial charge < -0.3 is 4.90 Å². The number of hydrogen-bond donors (Lipinski definition) is 1. The number of aryl methyl sites for hydroxylation is 3. The highest BCUT2D eigenvalue weighted by Gasteiger charge is 2.25. The molecule has 0 spiro atoms. The molecule has 0 unspecified atom stereocenters. The Morgan fingerprint density at radius 3 is 2.46 bits per heavy atom. The quantitative estimate of drug-likeness (QED) is 0.479. The normalized spacial score (nSPS) is 14.7. The SMILES string of the molecule is Cc1ccc(C)c(CN2CCN(c3nc4c(c(=O)[nH]c(=O)n4C)n3Cc3ccccc3F)CC2)c1. The average Bonchev–Trinajstić information content (AvgIpc) is 3.22. The van der Waals surface area contributed by atoms with E-state index in [9.17, 15) is 14.0 Å². The van der Waals surface area contributed by atoms with Crippen LogP contribution in [-0.2, 0) is 20.1 Å². The number of rotatable bonds is 5. The second-order valence-corrected chi connectivity index (χ2v) is 9.27. The molecule has 0 aliphatic carbocycles. The van der Waals surface area contributed by atoms with E-state index < -0.39 is 11.2 Å². The van der Waals surface area contributed by atoms with Gasteiger partial charge in [-0.1, -0.05) is 42.0 Å². The van der Waals surface area contributed by atoms with Crippen LogP contribution in [0.5, 0.6) is 0 Å². The molecular weight excluding hydrogens is 447 g/mol. The zero-order chi connectivity index (χ0) is 24.7. The lowest BCUT2D eigenvalue weighted by Crippen LogP contribution is -2.47. The van der Waals surface area contributed by atoms with Crippen molar-refractivity contribution in [2.24, 2.45) is 7.05 Å². The van der Waals surface area contributed by atoms with Crippen molar-refractivity contribution in [3.8, 4) is 0 Å². The Morgan fingerprint density at radius 1 is 0.971 bits per heavy atom. The summed E-state index contributed by atoms with van der Waals surface area (Å²) >= 11 is 0. The average molecular weight is 477 g/mol. The van der Waals surface area contributed by atoms with Crippen molar-refractivity contribution in [3.05, 3.63) is 91.4 Å². The van der Waals surface area contributed by atoms with Gasteiger partial charge in [-0.3, -0.25) is 23.8 Å². The maximum absolute atomic E-state index is 14.5. The van der Waals surface area contributed by atoms with Gasteiger partial charge in [-0.2, -0.15) is 4.98 Å². The molecule has 2 aromatic heterocycles. The molecule has 1 fully saturated rings. The van der Waals surface area contributed by atoms with Crippen molar-refractivity contribution in [1.82, 2.24) is 24.0 Å². The summed E-state index contributed by atoms with van der Waals surface area (Å²) < 4.78 is 17.6. The lowest BCUT2D eigenvalue weighted by atomic mass is 10.0. The van der Waals surface area contributed by atoms with E-state index in [0.717, 1.165) is 19.6 Å². The highest BCUT2D eigenvalue weighted by molar-refractivity contribution is 5.74. The molecule has 9 heteroatoms. The summed E-state index contributed by atoms with van der Waals surface area (Å²) in [7, 11) is 1.58. The zero-order valence-corrected chi connectivity index (χ0v) is 20.2. The number of H-pyrrole nitrogens is 1. The number of nitrogens with zero attached hydrogens (tertiary/aromatic N) is 5. The number of imidazole rings is 1. The van der Waals surface area contributed by atoms with Gasteiger partial charge in [-0.15, -0.1) is 0 Å². The minimum Gasteiger partial charge on any atom is -0.340 e. The Bertz CT molecular complexity index is 1510. The predicted molar refractivity (Wildman–Crippen MR) is 135 cm³/mol. The summed E-state index contributed by atoms with van der Waals surface area (Å²) in [5, 5.41) is 0. The summed E-state index contributed by atoms with van der Waals surface area (Å²) in [5.74, 6) is 0.223. The number of halogens is 1. The molecule has 0 amide bonds. The van der Waals surface area contributed by atoms with Crippen LogP contribution in [0.4, 0.5) is 10.3 Å². The van der Waals surface area contributed by atoms with Crippen LogP contribution in [0.25, 0.3) is 11.2 Å². The van der Waals surface area contributed by atoms with Gasteiger partial charge in [0, 0.05) is 45.3 Å². The van der Waals surface area contributed by atoms with E-state index in [2.05, 4.69) is 46.8 Å². The Labute approximate surface area is 202 Å². The van der Waals surface area contributed by atoms with Gasteiger partial charge in [0.1, 0.15) is 5.82 Å². The van der Waals surface area contributed by atoms with Crippen LogP contribution in [0.3, 0.4) is 0 Å². The second-order valence-electron chi connectivity index (χ2n) is 9.27. The van der Waals surface area contributed by atoms with Crippen LogP contribution in [0.15, 0.2) is 52.1 Å². The van der Waals surface area contributed by atoms with Crippen LogP contribution >= 0.6 is 0 Å². The van der Waals surface area contributed by atoms with E-state index in [1.807, 2.05) is 0 Å². The third kappa shape index (κ3) is 4.39. The first-order valence-electron chi connectivity index (χ1n) is 11.8. The van der Waals surface area contributed by atoms with E-state index in [4.69, 9.17) is 4.98 Å². The van der Waals surface area contributed by atoms with Crippen molar-refractivity contribution in [3.63, 3.8) is 0 Å². The van der Waals surface area contributed by atoms with Gasteiger partial charge in [0.2, 0.25) is 5.95 Å². The first kappa shape index (κ1) is 23.0. The van der Waals surface area contributed by atoms with E-state index in [-0.39, 0.29) is 17.9 Å². The highest BCUT2D eigenvalue weighted by atomic mass is 19.1. The zero-order valence-electron chi connectivity index (χ0n) is 20.2. The molecule has 182 valence electrons. The van der Waals surface area contributed by atoms with E-state index in [0.29, 0.717) is 30.2 Å². The molecule has 0 atom stereocenters. The standard InChI is InChI=1S/C26H29FN6O2/c1-17-8-9-18(2)20(14-17)15-31-10-12-32(13-11-31)25-28-23-22(24(34)29-26(35)30(23)3)33(25)16-19-6-4-5-7-21(19)27/h4-9,14H,10-13,15-16H2,1-3H3,(H,29,34,35). The molecule has 8 nitrogen and oxygen atoms in total. The third-order valence-corrected chi connectivity index (χ3v) is 6.83. The fraction of sp³-hybridized carbons (Fsp3) is 0.346. The number of aromatic amines is 1. The van der Waals surface area contributed by atoms with Gasteiger partial charge in [0.25, 0.3) is 5.56 Å². The first-order chi connectivity index (χ1) is 16.8. The third-order valence-electron chi connectivity index (χ3n) is 6.83. The molecule has 5 rings (SSSR count). The van der Waals surface area contributed by atoms with Gasteiger partial charge in [-0.25, -0.2) is 9.18 Å². The Kier molecular flexibility index (Phi) is 6.02. The van der Waals surface area contributed by atoms with E-state index in [1.165, 1.54) is 27.3 Å². The number of hydrogen-bond acceptors (Lipinski definition) is 5. The lowest BCUT2D eigenvalue weighted by Gasteiger charge is -2.35. The van der Waals surface area contributed by atoms with Crippen LogP contribution in [0, 0.1) is 19.7 Å². The molecule has 2 aromatic carbocycles. The summed E-state index contributed by atoms with van der Waals surface area (Å²) in [5.41, 5.74) is 3.83. The molecule has 0 bridgehead atoms. The van der Waals surface area contributed by atoms with Crippen LogP contribution < -0.4 is 16.1 Å². The van der Waals surface area contributed by atoms with Gasteiger partial charge in [0.05, 0.1) is 6.54 Å². The van der Waals surface area contributed by atoms with Crippen molar-refractivity contribution >= 4 is 17.1 Å². The monoisotopic (exact) mass is 476 g/mol. The topological polar surface area (TPSA) is 79.2 Å². The molecule has 4 aromatic rings. The summed E-state index contributed by atoms with van der Waals surface area (Å²) in [6.07, 6.45) is 0. The Hall–Kier alpha value is -3.72. The molecule has 1 aliphatic rings. The predicted octanol–water partition coefficient (Wildman–Crippen LogP) is 2.55. The number of piperazine rings is 1. The lowest BCUT2D eigenvalue weighted by molar-refractivity contribution is 0.247. The fourth-order valence-corrected chi connectivity index (χ4v) is 4.73. The largest absolute Gasteiger partial charge is 0.340 e. The van der Waals surface area contributed by atoms with Crippen LogP contribution in [0.2, 0.25) is 0 Å². The van der Waals surface area contributed by atoms with Gasteiger partial charge in [0.15, 0.2) is 11.2 Å². The molecular formula is C26H29FN6O2. The van der Waals surface area contributed by atoms with Crippen molar-refractivity contribution in [1.29, 1.82) is 0 Å².